The van der Waals surface area contributed by atoms with Gasteiger partial charge in [-0.25, -0.2) is 0 Å². The highest BCUT2D eigenvalue weighted by Gasteiger charge is 2.25. The predicted molar refractivity (Wildman–Crippen MR) is 64.7 cm³/mol. The molecule has 1 aromatic carbocycles. The summed E-state index contributed by atoms with van der Waals surface area (Å²) < 4.78 is 0. The molecule has 1 aromatic rings. The van der Waals surface area contributed by atoms with Crippen molar-refractivity contribution >= 4 is 0 Å². The lowest BCUT2D eigenvalue weighted by Crippen LogP contribution is -2.20. The highest BCUT2D eigenvalue weighted by atomic mass is 16.3. The van der Waals surface area contributed by atoms with Crippen LogP contribution in [-0.4, -0.2) is 10.2 Å². The van der Waals surface area contributed by atoms with Crippen molar-refractivity contribution in [3.8, 4) is 5.75 Å². The molecule has 0 amide bonds. The van der Waals surface area contributed by atoms with Gasteiger partial charge in [-0.05, 0) is 42.7 Å². The molecule has 2 rings (SSSR count). The molecule has 0 saturated carbocycles. The molecule has 2 heteroatoms. The summed E-state index contributed by atoms with van der Waals surface area (Å²) >= 11 is 0. The first kappa shape index (κ1) is 10.8. The zero-order valence-electron chi connectivity index (χ0n) is 9.57. The van der Waals surface area contributed by atoms with Crippen molar-refractivity contribution in [2.45, 2.75) is 25.7 Å². The van der Waals surface area contributed by atoms with Gasteiger partial charge in [-0.1, -0.05) is 25.1 Å². The van der Waals surface area contributed by atoms with Crippen LogP contribution in [0.5, 0.6) is 5.75 Å². The van der Waals surface area contributed by atoms with E-state index < -0.39 is 0 Å². The van der Waals surface area contributed by atoms with Gasteiger partial charge < -0.3 is 10.2 Å². The molecule has 0 bridgehead atoms. The summed E-state index contributed by atoms with van der Waals surface area (Å²) in [5, 5.41) is 18.8. The highest BCUT2D eigenvalue weighted by Crippen LogP contribution is 2.34. The number of aliphatic hydroxyl groups is 1. The zero-order chi connectivity index (χ0) is 11.8. The van der Waals surface area contributed by atoms with Gasteiger partial charge >= 0.3 is 0 Å². The van der Waals surface area contributed by atoms with Crippen molar-refractivity contribution in [3.63, 3.8) is 0 Å². The van der Waals surface area contributed by atoms with Gasteiger partial charge in [-0.3, -0.25) is 0 Å². The van der Waals surface area contributed by atoms with Gasteiger partial charge in [0.2, 0.25) is 0 Å². The number of allylic oxidation sites excluding steroid dienone is 3. The van der Waals surface area contributed by atoms with E-state index in [1.165, 1.54) is 0 Å². The van der Waals surface area contributed by atoms with E-state index in [-0.39, 0.29) is 5.41 Å². The highest BCUT2D eigenvalue weighted by molar-refractivity contribution is 5.42. The van der Waals surface area contributed by atoms with Crippen LogP contribution < -0.4 is 0 Å². The molecule has 1 aliphatic rings. The van der Waals surface area contributed by atoms with E-state index in [0.29, 0.717) is 11.5 Å². The smallest absolute Gasteiger partial charge is 0.118 e. The Morgan fingerprint density at radius 2 is 2.00 bits per heavy atom. The minimum Gasteiger partial charge on any atom is -0.508 e. The molecule has 0 spiro atoms. The molecule has 0 aromatic heterocycles. The standard InChI is InChI=1S/C14H16O2/c1-10-9-11(3-4-13(10)16)14(2)7-5-12(15)6-8-14/h3-7,9,15-16H,8H2,1-2H3. The van der Waals surface area contributed by atoms with Gasteiger partial charge in [-0.15, -0.1) is 0 Å². The molecule has 2 nitrogen and oxygen atoms in total. The minimum atomic E-state index is -0.0926. The van der Waals surface area contributed by atoms with Crippen molar-refractivity contribution in [1.29, 1.82) is 0 Å². The lowest BCUT2D eigenvalue weighted by atomic mass is 9.76. The van der Waals surface area contributed by atoms with Crippen LogP contribution in [-0.2, 0) is 5.41 Å². The van der Waals surface area contributed by atoms with Crippen molar-refractivity contribution in [2.24, 2.45) is 0 Å². The molecule has 1 aliphatic carbocycles. The SMILES string of the molecule is Cc1cc(C2(C)C=CC(O)=CC2)ccc1O. The number of aryl methyl sites for hydroxylation is 1. The molecule has 16 heavy (non-hydrogen) atoms. The molecule has 0 fully saturated rings. The maximum absolute atomic E-state index is 9.50. The normalized spacial score (nSPS) is 24.2. The number of phenols is 1. The Hall–Kier alpha value is -1.70. The summed E-state index contributed by atoms with van der Waals surface area (Å²) in [7, 11) is 0. The summed E-state index contributed by atoms with van der Waals surface area (Å²) in [4.78, 5) is 0. The molecule has 84 valence electrons. The molecule has 0 radical (unpaired) electrons. The number of rotatable bonds is 1. The maximum Gasteiger partial charge on any atom is 0.118 e. The van der Waals surface area contributed by atoms with E-state index in [4.69, 9.17) is 0 Å². The van der Waals surface area contributed by atoms with E-state index in [0.717, 1.165) is 17.5 Å². The average Bonchev–Trinajstić information content (AvgIpc) is 2.26. The second-order valence-corrected chi connectivity index (χ2v) is 4.59. The van der Waals surface area contributed by atoms with Crippen LogP contribution in [0.25, 0.3) is 0 Å². The Balaban J connectivity index is 2.38. The fourth-order valence-electron chi connectivity index (χ4n) is 1.95. The van der Waals surface area contributed by atoms with Gasteiger partial charge in [0.05, 0.1) is 0 Å². The quantitative estimate of drug-likeness (QED) is 0.755. The van der Waals surface area contributed by atoms with Crippen LogP contribution in [0, 0.1) is 6.92 Å². The Labute approximate surface area is 95.6 Å². The molecule has 1 atom stereocenters. The maximum atomic E-state index is 9.50. The second kappa shape index (κ2) is 3.71. The zero-order valence-corrected chi connectivity index (χ0v) is 9.57. The second-order valence-electron chi connectivity index (χ2n) is 4.59. The Bertz CT molecular complexity index is 472. The van der Waals surface area contributed by atoms with E-state index in [9.17, 15) is 10.2 Å². The van der Waals surface area contributed by atoms with Crippen LogP contribution in [0.2, 0.25) is 0 Å². The minimum absolute atomic E-state index is 0.0926. The van der Waals surface area contributed by atoms with Crippen molar-refractivity contribution in [1.82, 2.24) is 0 Å². The van der Waals surface area contributed by atoms with Gasteiger partial charge in [0.25, 0.3) is 0 Å². The Morgan fingerprint density at radius 1 is 1.25 bits per heavy atom. The van der Waals surface area contributed by atoms with Crippen molar-refractivity contribution in [2.75, 3.05) is 0 Å². The first-order chi connectivity index (χ1) is 7.51. The number of phenolic OH excluding ortho intramolecular Hbond substituents is 1. The van der Waals surface area contributed by atoms with E-state index >= 15 is 0 Å². The van der Waals surface area contributed by atoms with Crippen molar-refractivity contribution in [3.05, 3.63) is 53.3 Å². The van der Waals surface area contributed by atoms with E-state index in [2.05, 4.69) is 6.92 Å². The monoisotopic (exact) mass is 216 g/mol. The van der Waals surface area contributed by atoms with E-state index in [1.807, 2.05) is 31.2 Å². The van der Waals surface area contributed by atoms with Crippen LogP contribution in [0.1, 0.15) is 24.5 Å². The Morgan fingerprint density at radius 3 is 2.56 bits per heavy atom. The van der Waals surface area contributed by atoms with Gasteiger partial charge in [0.1, 0.15) is 11.5 Å². The van der Waals surface area contributed by atoms with Crippen LogP contribution in [0.4, 0.5) is 0 Å². The molecule has 0 saturated heterocycles. The summed E-state index contributed by atoms with van der Waals surface area (Å²) in [5.41, 5.74) is 1.94. The predicted octanol–water partition coefficient (Wildman–Crippen LogP) is 3.36. The topological polar surface area (TPSA) is 40.5 Å². The molecular formula is C14H16O2. The third kappa shape index (κ3) is 1.83. The first-order valence-corrected chi connectivity index (χ1v) is 5.40. The molecule has 1 unspecified atom stereocenters. The summed E-state index contributed by atoms with van der Waals surface area (Å²) in [6.45, 7) is 4.01. The average molecular weight is 216 g/mol. The molecular weight excluding hydrogens is 200 g/mol. The van der Waals surface area contributed by atoms with Crippen LogP contribution >= 0.6 is 0 Å². The number of hydrogen-bond donors (Lipinski definition) is 2. The number of aliphatic hydroxyl groups excluding tert-OH is 1. The lowest BCUT2D eigenvalue weighted by molar-refractivity contribution is 0.416. The summed E-state index contributed by atoms with van der Waals surface area (Å²) in [6, 6.07) is 5.65. The lowest BCUT2D eigenvalue weighted by Gasteiger charge is -2.28. The molecule has 2 N–H and O–H groups in total. The first-order valence-electron chi connectivity index (χ1n) is 5.40. The Kier molecular flexibility index (Phi) is 2.50. The third-order valence-corrected chi connectivity index (χ3v) is 3.21. The largest absolute Gasteiger partial charge is 0.508 e. The third-order valence-electron chi connectivity index (χ3n) is 3.21. The van der Waals surface area contributed by atoms with Gasteiger partial charge in [0.15, 0.2) is 0 Å². The molecule has 0 heterocycles. The van der Waals surface area contributed by atoms with E-state index in [1.54, 1.807) is 12.1 Å². The fraction of sp³-hybridized carbons (Fsp3) is 0.286. The van der Waals surface area contributed by atoms with Gasteiger partial charge in [0, 0.05) is 5.41 Å². The van der Waals surface area contributed by atoms with Crippen LogP contribution in [0.15, 0.2) is 42.2 Å². The van der Waals surface area contributed by atoms with Crippen molar-refractivity contribution < 1.29 is 10.2 Å². The number of benzene rings is 1. The van der Waals surface area contributed by atoms with Gasteiger partial charge in [-0.2, -0.15) is 0 Å². The number of aromatic hydroxyl groups is 1. The molecule has 0 aliphatic heterocycles. The summed E-state index contributed by atoms with van der Waals surface area (Å²) in [6.07, 6.45) is 6.33. The number of hydrogen-bond acceptors (Lipinski definition) is 2. The fourth-order valence-corrected chi connectivity index (χ4v) is 1.95. The van der Waals surface area contributed by atoms with Crippen LogP contribution in [0.3, 0.4) is 0 Å². The summed E-state index contributed by atoms with van der Waals surface area (Å²) in [5.74, 6) is 0.651.